The Kier molecular flexibility index (Phi) is 4.06. The summed E-state index contributed by atoms with van der Waals surface area (Å²) in [5.74, 6) is 0. The predicted molar refractivity (Wildman–Crippen MR) is 77.8 cm³/mol. The molecule has 118 valence electrons. The fraction of sp³-hybridized carbons (Fsp3) is 0.143. The number of hydrogen-bond acceptors (Lipinski definition) is 3. The van der Waals surface area contributed by atoms with Gasteiger partial charge in [-0.05, 0) is 55.0 Å². The maximum absolute atomic E-state index is 12.7. The van der Waals surface area contributed by atoms with E-state index in [0.29, 0.717) is 5.69 Å². The van der Waals surface area contributed by atoms with Gasteiger partial charge in [-0.25, -0.2) is 8.42 Å². The highest BCUT2D eigenvalue weighted by atomic mass is 32.2. The van der Waals surface area contributed by atoms with E-state index in [1.54, 1.807) is 0 Å². The Bertz CT molecular complexity index is 785. The monoisotopic (exact) mass is 330 g/mol. The molecule has 0 atom stereocenters. The summed E-state index contributed by atoms with van der Waals surface area (Å²) in [5, 5.41) is 0. The number of hydrogen-bond donors (Lipinski definition) is 2. The largest absolute Gasteiger partial charge is 0.416 e. The number of nitrogens with one attached hydrogen (secondary N) is 1. The highest BCUT2D eigenvalue weighted by Crippen LogP contribution is 2.33. The van der Waals surface area contributed by atoms with Crippen molar-refractivity contribution in [1.29, 1.82) is 0 Å². The lowest BCUT2D eigenvalue weighted by molar-refractivity contribution is -0.138. The van der Waals surface area contributed by atoms with Gasteiger partial charge in [0.05, 0.1) is 10.5 Å². The van der Waals surface area contributed by atoms with Gasteiger partial charge in [-0.1, -0.05) is 0 Å². The minimum atomic E-state index is -4.47. The van der Waals surface area contributed by atoms with Gasteiger partial charge in [0.15, 0.2) is 0 Å². The number of nitrogen functional groups attached to an aromatic ring is 1. The van der Waals surface area contributed by atoms with Crippen molar-refractivity contribution in [2.45, 2.75) is 18.0 Å². The van der Waals surface area contributed by atoms with Crippen molar-refractivity contribution in [3.05, 3.63) is 53.6 Å². The van der Waals surface area contributed by atoms with E-state index in [1.165, 1.54) is 31.2 Å². The van der Waals surface area contributed by atoms with Crippen molar-refractivity contribution >= 4 is 21.4 Å². The molecule has 0 unspecified atom stereocenters. The minimum absolute atomic E-state index is 0.0285. The summed E-state index contributed by atoms with van der Waals surface area (Å²) in [6.07, 6.45) is -4.47. The van der Waals surface area contributed by atoms with E-state index in [0.717, 1.165) is 18.2 Å². The summed E-state index contributed by atoms with van der Waals surface area (Å²) in [6.45, 7) is 1.27. The molecule has 4 nitrogen and oxygen atoms in total. The van der Waals surface area contributed by atoms with Crippen LogP contribution in [-0.4, -0.2) is 8.42 Å². The molecule has 0 aliphatic rings. The molecule has 0 aliphatic carbocycles. The average Bonchev–Trinajstić information content (AvgIpc) is 2.37. The first-order valence-electron chi connectivity index (χ1n) is 6.16. The van der Waals surface area contributed by atoms with Gasteiger partial charge in [0.2, 0.25) is 0 Å². The number of nitrogens with two attached hydrogens (primary N) is 1. The number of benzene rings is 2. The van der Waals surface area contributed by atoms with Crippen LogP contribution in [0.15, 0.2) is 47.4 Å². The second kappa shape index (κ2) is 5.53. The summed E-state index contributed by atoms with van der Waals surface area (Å²) in [5.41, 5.74) is 5.07. The molecule has 3 N–H and O–H groups in total. The Hall–Kier alpha value is -2.22. The Morgan fingerprint density at radius 2 is 1.64 bits per heavy atom. The van der Waals surface area contributed by atoms with E-state index in [1.807, 2.05) is 0 Å². The molecule has 0 spiro atoms. The summed E-state index contributed by atoms with van der Waals surface area (Å²) in [6, 6.07) is 8.53. The van der Waals surface area contributed by atoms with Gasteiger partial charge in [0, 0.05) is 11.4 Å². The first kappa shape index (κ1) is 16.2. The van der Waals surface area contributed by atoms with Crippen molar-refractivity contribution in [2.75, 3.05) is 10.5 Å². The van der Waals surface area contributed by atoms with Crippen molar-refractivity contribution < 1.29 is 21.6 Å². The third-order valence-electron chi connectivity index (χ3n) is 2.97. The maximum atomic E-state index is 12.7. The van der Waals surface area contributed by atoms with E-state index < -0.39 is 21.8 Å². The topological polar surface area (TPSA) is 72.2 Å². The van der Waals surface area contributed by atoms with Gasteiger partial charge in [0.1, 0.15) is 0 Å². The lowest BCUT2D eigenvalue weighted by Crippen LogP contribution is -2.14. The van der Waals surface area contributed by atoms with Crippen LogP contribution in [0.2, 0.25) is 0 Å². The van der Waals surface area contributed by atoms with Crippen LogP contribution in [0.5, 0.6) is 0 Å². The predicted octanol–water partition coefficient (Wildman–Crippen LogP) is 3.40. The van der Waals surface area contributed by atoms with Crippen LogP contribution in [0.25, 0.3) is 0 Å². The zero-order chi connectivity index (χ0) is 16.5. The summed E-state index contributed by atoms with van der Waals surface area (Å²) in [7, 11) is -3.88. The molecule has 0 saturated heterocycles. The molecule has 2 aromatic rings. The van der Waals surface area contributed by atoms with Gasteiger partial charge in [0.25, 0.3) is 10.0 Å². The Labute approximate surface area is 125 Å². The number of alkyl halides is 3. The molecule has 2 rings (SSSR count). The molecule has 0 heterocycles. The molecule has 0 aromatic heterocycles. The van der Waals surface area contributed by atoms with Crippen LogP contribution in [0.4, 0.5) is 24.5 Å². The lowest BCUT2D eigenvalue weighted by atomic mass is 10.1. The highest BCUT2D eigenvalue weighted by Gasteiger charge is 2.32. The molecule has 0 radical (unpaired) electrons. The quantitative estimate of drug-likeness (QED) is 0.847. The fourth-order valence-corrected chi connectivity index (χ4v) is 2.96. The molecular formula is C14H13F3N2O2S. The van der Waals surface area contributed by atoms with Gasteiger partial charge in [-0.3, -0.25) is 4.72 Å². The van der Waals surface area contributed by atoms with Crippen molar-refractivity contribution in [2.24, 2.45) is 0 Å². The van der Waals surface area contributed by atoms with Crippen molar-refractivity contribution in [1.82, 2.24) is 0 Å². The van der Waals surface area contributed by atoms with Gasteiger partial charge in [-0.15, -0.1) is 0 Å². The smallest absolute Gasteiger partial charge is 0.399 e. The third kappa shape index (κ3) is 3.51. The van der Waals surface area contributed by atoms with Gasteiger partial charge >= 0.3 is 6.18 Å². The van der Waals surface area contributed by atoms with Crippen LogP contribution in [-0.2, 0) is 16.2 Å². The Balaban J connectivity index is 2.31. The molecule has 0 aliphatic heterocycles. The number of sulfonamides is 1. The maximum Gasteiger partial charge on any atom is 0.416 e. The van der Waals surface area contributed by atoms with E-state index in [-0.39, 0.29) is 16.1 Å². The van der Waals surface area contributed by atoms with Crippen molar-refractivity contribution in [3.63, 3.8) is 0 Å². The Morgan fingerprint density at radius 1 is 1.05 bits per heavy atom. The second-order valence-electron chi connectivity index (χ2n) is 4.70. The molecule has 0 saturated carbocycles. The van der Waals surface area contributed by atoms with Crippen LogP contribution >= 0.6 is 0 Å². The van der Waals surface area contributed by atoms with Gasteiger partial charge in [-0.2, -0.15) is 13.2 Å². The number of halogens is 3. The summed E-state index contributed by atoms with van der Waals surface area (Å²) in [4.78, 5) is -0.0285. The molecule has 8 heteroatoms. The molecule has 22 heavy (non-hydrogen) atoms. The van der Waals surface area contributed by atoms with E-state index in [9.17, 15) is 21.6 Å². The zero-order valence-electron chi connectivity index (χ0n) is 11.5. The summed E-state index contributed by atoms with van der Waals surface area (Å²) >= 11 is 0. The zero-order valence-corrected chi connectivity index (χ0v) is 12.3. The van der Waals surface area contributed by atoms with Gasteiger partial charge < -0.3 is 5.73 Å². The van der Waals surface area contributed by atoms with Crippen LogP contribution in [0, 0.1) is 6.92 Å². The van der Waals surface area contributed by atoms with Crippen LogP contribution in [0.1, 0.15) is 11.1 Å². The SMILES string of the molecule is Cc1cc(NS(=O)(=O)c2ccc(N)cc2)ccc1C(F)(F)F. The number of anilines is 2. The number of aryl methyl sites for hydroxylation is 1. The second-order valence-corrected chi connectivity index (χ2v) is 6.38. The first-order chi connectivity index (χ1) is 10.1. The average molecular weight is 330 g/mol. The molecular weight excluding hydrogens is 317 g/mol. The molecule has 2 aromatic carbocycles. The minimum Gasteiger partial charge on any atom is -0.399 e. The van der Waals surface area contributed by atoms with E-state index in [2.05, 4.69) is 4.72 Å². The number of rotatable bonds is 3. The summed E-state index contributed by atoms with van der Waals surface area (Å²) < 4.78 is 64.5. The van der Waals surface area contributed by atoms with Crippen LogP contribution in [0.3, 0.4) is 0 Å². The normalized spacial score (nSPS) is 12.2. The van der Waals surface area contributed by atoms with Crippen molar-refractivity contribution in [3.8, 4) is 0 Å². The van der Waals surface area contributed by atoms with Crippen LogP contribution < -0.4 is 10.5 Å². The van der Waals surface area contributed by atoms with E-state index in [4.69, 9.17) is 5.73 Å². The fourth-order valence-electron chi connectivity index (χ4n) is 1.91. The molecule has 0 amide bonds. The standard InChI is InChI=1S/C14H13F3N2O2S/c1-9-8-11(4-7-13(9)14(15,16)17)19-22(20,21)12-5-2-10(18)3-6-12/h2-8,19H,18H2,1H3. The Morgan fingerprint density at radius 3 is 2.14 bits per heavy atom. The lowest BCUT2D eigenvalue weighted by Gasteiger charge is -2.13. The first-order valence-corrected chi connectivity index (χ1v) is 7.64. The third-order valence-corrected chi connectivity index (χ3v) is 4.37. The van der Waals surface area contributed by atoms with E-state index >= 15 is 0 Å². The molecule has 0 fully saturated rings. The highest BCUT2D eigenvalue weighted by molar-refractivity contribution is 7.92. The molecule has 0 bridgehead atoms.